The van der Waals surface area contributed by atoms with Gasteiger partial charge in [-0.2, -0.15) is 5.26 Å². The number of fused-ring (bicyclic) bond motifs is 1. The molecule has 2 aromatic carbocycles. The largest absolute Gasteiger partial charge is 0.493 e. The van der Waals surface area contributed by atoms with Gasteiger partial charge in [-0.1, -0.05) is 29.8 Å². The van der Waals surface area contributed by atoms with Crippen LogP contribution >= 0.6 is 11.6 Å². The predicted octanol–water partition coefficient (Wildman–Crippen LogP) is 4.53. The summed E-state index contributed by atoms with van der Waals surface area (Å²) >= 11 is 6.19. The number of allylic oxidation sites excluding steroid dienone is 1. The maximum Gasteiger partial charge on any atom is 0.231 e. The van der Waals surface area contributed by atoms with Crippen LogP contribution in [-0.2, 0) is 0 Å². The SMILES string of the molecule is CCOc1cc2c(cc1C=C(C#N)c1ccccc1Cl)OCO2. The first kappa shape index (κ1) is 15.3. The van der Waals surface area contributed by atoms with E-state index in [4.69, 9.17) is 25.8 Å². The number of hydrogen-bond acceptors (Lipinski definition) is 4. The van der Waals surface area contributed by atoms with Crippen LogP contribution in [0.5, 0.6) is 17.2 Å². The smallest absolute Gasteiger partial charge is 0.231 e. The van der Waals surface area contributed by atoms with Gasteiger partial charge in [0.2, 0.25) is 6.79 Å². The lowest BCUT2D eigenvalue weighted by molar-refractivity contribution is 0.174. The van der Waals surface area contributed by atoms with Crippen LogP contribution in [0, 0.1) is 11.3 Å². The van der Waals surface area contributed by atoms with Crippen molar-refractivity contribution < 1.29 is 14.2 Å². The van der Waals surface area contributed by atoms with Crippen molar-refractivity contribution in [3.8, 4) is 23.3 Å². The van der Waals surface area contributed by atoms with Gasteiger partial charge in [0.05, 0.1) is 18.2 Å². The molecule has 0 bridgehead atoms. The van der Waals surface area contributed by atoms with Gasteiger partial charge in [0.1, 0.15) is 5.75 Å². The van der Waals surface area contributed by atoms with Crippen LogP contribution in [0.3, 0.4) is 0 Å². The normalized spacial score (nSPS) is 12.8. The zero-order chi connectivity index (χ0) is 16.2. The van der Waals surface area contributed by atoms with E-state index in [-0.39, 0.29) is 6.79 Å². The molecule has 0 atom stereocenters. The molecule has 2 aromatic rings. The number of nitriles is 1. The van der Waals surface area contributed by atoms with Crippen molar-refractivity contribution in [2.75, 3.05) is 13.4 Å². The van der Waals surface area contributed by atoms with Gasteiger partial charge in [-0.05, 0) is 25.1 Å². The molecule has 0 aromatic heterocycles. The standard InChI is InChI=1S/C18H14ClNO3/c1-2-21-16-9-18-17(22-11-23-18)8-12(16)7-13(10-20)14-5-3-4-6-15(14)19/h3-9H,2,11H2,1H3. The second-order valence-corrected chi connectivity index (χ2v) is 5.23. The van der Waals surface area contributed by atoms with Crippen molar-refractivity contribution in [3.63, 3.8) is 0 Å². The maximum atomic E-state index is 9.51. The van der Waals surface area contributed by atoms with E-state index in [1.165, 1.54) is 0 Å². The average Bonchev–Trinajstić information content (AvgIpc) is 3.01. The molecule has 1 aliphatic heterocycles. The minimum absolute atomic E-state index is 0.184. The number of ether oxygens (including phenoxy) is 3. The Morgan fingerprint density at radius 2 is 2.04 bits per heavy atom. The summed E-state index contributed by atoms with van der Waals surface area (Å²) < 4.78 is 16.4. The van der Waals surface area contributed by atoms with Gasteiger partial charge in [-0.15, -0.1) is 0 Å². The zero-order valence-corrected chi connectivity index (χ0v) is 13.3. The lowest BCUT2D eigenvalue weighted by atomic mass is 10.0. The molecule has 0 saturated carbocycles. The van der Waals surface area contributed by atoms with E-state index in [1.54, 1.807) is 18.2 Å². The molecule has 116 valence electrons. The number of benzene rings is 2. The fourth-order valence-corrected chi connectivity index (χ4v) is 2.58. The van der Waals surface area contributed by atoms with Crippen LogP contribution in [-0.4, -0.2) is 13.4 Å². The van der Waals surface area contributed by atoms with Gasteiger partial charge in [-0.25, -0.2) is 0 Å². The highest BCUT2D eigenvalue weighted by Crippen LogP contribution is 2.39. The third-order valence-electron chi connectivity index (χ3n) is 3.39. The first-order valence-corrected chi connectivity index (χ1v) is 7.54. The van der Waals surface area contributed by atoms with Crippen LogP contribution in [0.1, 0.15) is 18.1 Å². The Balaban J connectivity index is 2.10. The van der Waals surface area contributed by atoms with Gasteiger partial charge < -0.3 is 14.2 Å². The van der Waals surface area contributed by atoms with Crippen molar-refractivity contribution in [1.29, 1.82) is 5.26 Å². The quantitative estimate of drug-likeness (QED) is 0.611. The zero-order valence-electron chi connectivity index (χ0n) is 12.5. The van der Waals surface area contributed by atoms with Crippen LogP contribution < -0.4 is 14.2 Å². The Morgan fingerprint density at radius 1 is 1.30 bits per heavy atom. The van der Waals surface area contributed by atoms with E-state index in [0.717, 1.165) is 5.56 Å². The summed E-state index contributed by atoms with van der Waals surface area (Å²) in [6.45, 7) is 2.59. The van der Waals surface area contributed by atoms with Gasteiger partial charge in [0.25, 0.3) is 0 Å². The molecule has 23 heavy (non-hydrogen) atoms. The highest BCUT2D eigenvalue weighted by Gasteiger charge is 2.18. The molecule has 0 fully saturated rings. The van der Waals surface area contributed by atoms with Gasteiger partial charge in [-0.3, -0.25) is 0 Å². The Labute approximate surface area is 139 Å². The summed E-state index contributed by atoms with van der Waals surface area (Å²) in [5.74, 6) is 1.91. The first-order chi connectivity index (χ1) is 11.2. The summed E-state index contributed by atoms with van der Waals surface area (Å²) in [5, 5.41) is 10.0. The summed E-state index contributed by atoms with van der Waals surface area (Å²) in [5.41, 5.74) is 1.87. The Bertz CT molecular complexity index is 808. The molecular weight excluding hydrogens is 314 g/mol. The molecule has 1 heterocycles. The van der Waals surface area contributed by atoms with Crippen LogP contribution in [0.15, 0.2) is 36.4 Å². The van der Waals surface area contributed by atoms with E-state index in [1.807, 2.05) is 31.2 Å². The number of hydrogen-bond donors (Lipinski definition) is 0. The lowest BCUT2D eigenvalue weighted by Gasteiger charge is -2.10. The van der Waals surface area contributed by atoms with Gasteiger partial charge >= 0.3 is 0 Å². The van der Waals surface area contributed by atoms with Crippen molar-refractivity contribution in [3.05, 3.63) is 52.5 Å². The predicted molar refractivity (Wildman–Crippen MR) is 88.7 cm³/mol. The monoisotopic (exact) mass is 327 g/mol. The second kappa shape index (κ2) is 6.64. The first-order valence-electron chi connectivity index (χ1n) is 7.16. The fourth-order valence-electron chi connectivity index (χ4n) is 2.34. The molecule has 0 unspecified atom stereocenters. The van der Waals surface area contributed by atoms with Gasteiger partial charge in [0, 0.05) is 22.2 Å². The highest BCUT2D eigenvalue weighted by atomic mass is 35.5. The molecule has 0 N–H and O–H groups in total. The third-order valence-corrected chi connectivity index (χ3v) is 3.72. The second-order valence-electron chi connectivity index (χ2n) is 4.83. The van der Waals surface area contributed by atoms with Crippen molar-refractivity contribution >= 4 is 23.3 Å². The topological polar surface area (TPSA) is 51.5 Å². The summed E-state index contributed by atoms with van der Waals surface area (Å²) in [4.78, 5) is 0. The molecule has 0 aliphatic carbocycles. The van der Waals surface area contributed by atoms with Crippen molar-refractivity contribution in [2.45, 2.75) is 6.92 Å². The molecule has 0 saturated heterocycles. The summed E-state index contributed by atoms with van der Waals surface area (Å²) in [7, 11) is 0. The molecule has 1 aliphatic rings. The Morgan fingerprint density at radius 3 is 2.74 bits per heavy atom. The third kappa shape index (κ3) is 3.10. The number of rotatable bonds is 4. The van der Waals surface area contributed by atoms with E-state index in [2.05, 4.69) is 6.07 Å². The Hall–Kier alpha value is -2.64. The number of nitrogens with zero attached hydrogens (tertiary/aromatic N) is 1. The van der Waals surface area contributed by atoms with E-state index < -0.39 is 0 Å². The highest BCUT2D eigenvalue weighted by molar-refractivity contribution is 6.32. The summed E-state index contributed by atoms with van der Waals surface area (Å²) in [6.07, 6.45) is 1.74. The van der Waals surface area contributed by atoms with E-state index in [0.29, 0.717) is 40.0 Å². The molecule has 3 rings (SSSR count). The summed E-state index contributed by atoms with van der Waals surface area (Å²) in [6, 6.07) is 13.0. The van der Waals surface area contributed by atoms with Crippen LogP contribution in [0.25, 0.3) is 11.6 Å². The fraction of sp³-hybridized carbons (Fsp3) is 0.167. The molecular formula is C18H14ClNO3. The average molecular weight is 328 g/mol. The molecule has 0 spiro atoms. The van der Waals surface area contributed by atoms with Crippen molar-refractivity contribution in [2.24, 2.45) is 0 Å². The van der Waals surface area contributed by atoms with E-state index in [9.17, 15) is 5.26 Å². The maximum absolute atomic E-state index is 9.51. The number of halogens is 1. The molecule has 4 nitrogen and oxygen atoms in total. The molecule has 5 heteroatoms. The van der Waals surface area contributed by atoms with Crippen LogP contribution in [0.2, 0.25) is 5.02 Å². The minimum Gasteiger partial charge on any atom is -0.493 e. The molecule has 0 amide bonds. The Kier molecular flexibility index (Phi) is 4.40. The van der Waals surface area contributed by atoms with Gasteiger partial charge in [0.15, 0.2) is 11.5 Å². The van der Waals surface area contributed by atoms with E-state index >= 15 is 0 Å². The molecule has 0 radical (unpaired) electrons. The lowest BCUT2D eigenvalue weighted by Crippen LogP contribution is -1.95. The minimum atomic E-state index is 0.184. The van der Waals surface area contributed by atoms with Crippen LogP contribution in [0.4, 0.5) is 0 Å². The van der Waals surface area contributed by atoms with Crippen molar-refractivity contribution in [1.82, 2.24) is 0 Å².